The quantitative estimate of drug-likeness (QED) is 0.891. The summed E-state index contributed by atoms with van der Waals surface area (Å²) in [7, 11) is 1.36. The Hall–Kier alpha value is -1.47. The van der Waals surface area contributed by atoms with Gasteiger partial charge in [-0.25, -0.2) is 0 Å². The van der Waals surface area contributed by atoms with E-state index in [2.05, 4.69) is 15.4 Å². The number of nitrogens with one attached hydrogen (secondary N) is 2. The fourth-order valence-electron chi connectivity index (χ4n) is 2.48. The van der Waals surface area contributed by atoms with E-state index in [9.17, 15) is 18.0 Å². The zero-order chi connectivity index (χ0) is 15.5. The Labute approximate surface area is 132 Å². The molecule has 0 unspecified atom stereocenters. The van der Waals surface area contributed by atoms with Crippen LogP contribution in [0.15, 0.2) is 18.2 Å². The highest BCUT2D eigenvalue weighted by Gasteiger charge is 2.33. The Bertz CT molecular complexity index is 517. The predicted molar refractivity (Wildman–Crippen MR) is 78.6 cm³/mol. The van der Waals surface area contributed by atoms with Gasteiger partial charge >= 0.3 is 6.36 Å². The number of ether oxygens (including phenoxy) is 1. The number of hydrogen-bond donors (Lipinski definition) is 2. The van der Waals surface area contributed by atoms with E-state index in [0.717, 1.165) is 31.5 Å². The summed E-state index contributed by atoms with van der Waals surface area (Å²) < 4.78 is 41.5. The number of halogens is 4. The van der Waals surface area contributed by atoms with E-state index in [1.165, 1.54) is 19.2 Å². The van der Waals surface area contributed by atoms with Crippen LogP contribution >= 0.6 is 12.4 Å². The van der Waals surface area contributed by atoms with Crippen molar-refractivity contribution in [2.45, 2.75) is 25.1 Å². The van der Waals surface area contributed by atoms with Gasteiger partial charge in [-0.1, -0.05) is 6.07 Å². The summed E-state index contributed by atoms with van der Waals surface area (Å²) in [6.07, 6.45) is -3.12. The lowest BCUT2D eigenvalue weighted by molar-refractivity contribution is -0.274. The van der Waals surface area contributed by atoms with Crippen LogP contribution in [0.5, 0.6) is 5.75 Å². The van der Waals surface area contributed by atoms with Crippen molar-refractivity contribution in [1.82, 2.24) is 10.6 Å². The molecule has 2 N–H and O–H groups in total. The molecule has 1 fully saturated rings. The van der Waals surface area contributed by atoms with Crippen LogP contribution in [0.1, 0.15) is 34.7 Å². The molecule has 1 aliphatic rings. The molecule has 0 radical (unpaired) electrons. The lowest BCUT2D eigenvalue weighted by Gasteiger charge is -2.24. The van der Waals surface area contributed by atoms with E-state index in [1.54, 1.807) is 6.07 Å². The van der Waals surface area contributed by atoms with Gasteiger partial charge in [-0.3, -0.25) is 4.79 Å². The minimum absolute atomic E-state index is 0. The highest BCUT2D eigenvalue weighted by atomic mass is 35.5. The van der Waals surface area contributed by atoms with E-state index in [-0.39, 0.29) is 23.9 Å². The molecule has 0 saturated carbocycles. The van der Waals surface area contributed by atoms with Crippen molar-refractivity contribution in [1.29, 1.82) is 0 Å². The van der Waals surface area contributed by atoms with Crippen LogP contribution in [0.2, 0.25) is 0 Å². The second-order valence-corrected chi connectivity index (χ2v) is 4.91. The van der Waals surface area contributed by atoms with Crippen molar-refractivity contribution in [2.75, 3.05) is 20.1 Å². The monoisotopic (exact) mass is 338 g/mol. The van der Waals surface area contributed by atoms with Gasteiger partial charge in [0.05, 0.1) is 5.56 Å². The van der Waals surface area contributed by atoms with Gasteiger partial charge in [0.15, 0.2) is 0 Å². The van der Waals surface area contributed by atoms with Crippen molar-refractivity contribution in [3.05, 3.63) is 29.3 Å². The third-order valence-corrected chi connectivity index (χ3v) is 3.51. The number of carbonyl (C=O) groups is 1. The molecule has 4 nitrogen and oxygen atoms in total. The Kier molecular flexibility index (Phi) is 6.49. The SMILES string of the molecule is CNC(=O)c1ccc(C2CCNCC2)cc1OC(F)(F)F.Cl. The minimum Gasteiger partial charge on any atom is -0.405 e. The van der Waals surface area contributed by atoms with Gasteiger partial charge < -0.3 is 15.4 Å². The summed E-state index contributed by atoms with van der Waals surface area (Å²) in [4.78, 5) is 11.6. The van der Waals surface area contributed by atoms with Gasteiger partial charge in [0, 0.05) is 7.05 Å². The maximum absolute atomic E-state index is 12.5. The molecule has 1 aromatic carbocycles. The predicted octanol–water partition coefficient (Wildman–Crippen LogP) is 2.83. The lowest BCUT2D eigenvalue weighted by Crippen LogP contribution is -2.27. The van der Waals surface area contributed by atoms with Crippen molar-refractivity contribution in [3.8, 4) is 5.75 Å². The summed E-state index contributed by atoms with van der Waals surface area (Å²) in [6, 6.07) is 4.41. The minimum atomic E-state index is -4.82. The number of piperidine rings is 1. The molecule has 0 bridgehead atoms. The van der Waals surface area contributed by atoms with Gasteiger partial charge in [-0.15, -0.1) is 25.6 Å². The highest BCUT2D eigenvalue weighted by molar-refractivity contribution is 5.96. The Morgan fingerprint density at radius 3 is 2.50 bits per heavy atom. The molecule has 124 valence electrons. The van der Waals surface area contributed by atoms with Crippen LogP contribution in [0.4, 0.5) is 13.2 Å². The Morgan fingerprint density at radius 1 is 1.32 bits per heavy atom. The number of carbonyl (C=O) groups excluding carboxylic acids is 1. The molecule has 8 heteroatoms. The number of amides is 1. The fourth-order valence-corrected chi connectivity index (χ4v) is 2.48. The average Bonchev–Trinajstić information content (AvgIpc) is 2.45. The van der Waals surface area contributed by atoms with Crippen LogP contribution < -0.4 is 15.4 Å². The van der Waals surface area contributed by atoms with Crippen LogP contribution in [0.3, 0.4) is 0 Å². The lowest BCUT2D eigenvalue weighted by atomic mass is 9.89. The molecule has 1 aliphatic heterocycles. The number of rotatable bonds is 3. The van der Waals surface area contributed by atoms with Gasteiger partial charge in [-0.2, -0.15) is 0 Å². The average molecular weight is 339 g/mol. The summed E-state index contributed by atoms with van der Waals surface area (Å²) in [5.74, 6) is -0.871. The molecular weight excluding hydrogens is 321 g/mol. The first-order chi connectivity index (χ1) is 9.90. The molecule has 2 rings (SSSR count). The van der Waals surface area contributed by atoms with Crippen LogP contribution in [0.25, 0.3) is 0 Å². The molecule has 0 atom stereocenters. The first kappa shape index (κ1) is 18.6. The highest BCUT2D eigenvalue weighted by Crippen LogP contribution is 2.32. The van der Waals surface area contributed by atoms with Crippen LogP contribution in [0, 0.1) is 0 Å². The van der Waals surface area contributed by atoms with Crippen molar-refractivity contribution < 1.29 is 22.7 Å². The van der Waals surface area contributed by atoms with E-state index >= 15 is 0 Å². The number of benzene rings is 1. The third-order valence-electron chi connectivity index (χ3n) is 3.51. The van der Waals surface area contributed by atoms with Gasteiger partial charge in [0.25, 0.3) is 5.91 Å². The second kappa shape index (κ2) is 7.69. The topological polar surface area (TPSA) is 50.4 Å². The molecule has 0 spiro atoms. The first-order valence-corrected chi connectivity index (χ1v) is 6.73. The molecular formula is C14H18ClF3N2O2. The smallest absolute Gasteiger partial charge is 0.405 e. The van der Waals surface area contributed by atoms with E-state index < -0.39 is 18.0 Å². The van der Waals surface area contributed by atoms with Gasteiger partial charge in [0.1, 0.15) is 5.75 Å². The summed E-state index contributed by atoms with van der Waals surface area (Å²) in [5.41, 5.74) is 0.649. The number of hydrogen-bond acceptors (Lipinski definition) is 3. The molecule has 0 aromatic heterocycles. The zero-order valence-electron chi connectivity index (χ0n) is 12.0. The summed E-state index contributed by atoms with van der Waals surface area (Å²) in [6.45, 7) is 1.66. The zero-order valence-corrected chi connectivity index (χ0v) is 12.8. The van der Waals surface area contributed by atoms with Crippen LogP contribution in [-0.2, 0) is 0 Å². The molecule has 1 saturated heterocycles. The standard InChI is InChI=1S/C14H17F3N2O2.ClH/c1-18-13(20)11-3-2-10(9-4-6-19-7-5-9)8-12(11)21-14(15,16)17;/h2-3,8-9,19H,4-7H2,1H3,(H,18,20);1H. The molecule has 0 aliphatic carbocycles. The number of alkyl halides is 3. The van der Waals surface area contributed by atoms with Crippen molar-refractivity contribution in [2.24, 2.45) is 0 Å². The Morgan fingerprint density at radius 2 is 1.95 bits per heavy atom. The second-order valence-electron chi connectivity index (χ2n) is 4.91. The molecule has 1 heterocycles. The first-order valence-electron chi connectivity index (χ1n) is 6.73. The molecule has 1 aromatic rings. The molecule has 22 heavy (non-hydrogen) atoms. The summed E-state index contributed by atoms with van der Waals surface area (Å²) in [5, 5.41) is 5.51. The van der Waals surface area contributed by atoms with Crippen molar-refractivity contribution >= 4 is 18.3 Å². The molecule has 1 amide bonds. The van der Waals surface area contributed by atoms with Crippen molar-refractivity contribution in [3.63, 3.8) is 0 Å². The van der Waals surface area contributed by atoms with E-state index in [0.29, 0.717) is 0 Å². The maximum Gasteiger partial charge on any atom is 0.573 e. The normalized spacial score (nSPS) is 15.8. The largest absolute Gasteiger partial charge is 0.573 e. The van der Waals surface area contributed by atoms with E-state index in [1.807, 2.05) is 0 Å². The third kappa shape index (κ3) is 4.78. The Balaban J connectivity index is 0.00000242. The maximum atomic E-state index is 12.5. The van der Waals surface area contributed by atoms with Gasteiger partial charge in [-0.05, 0) is 49.5 Å². The van der Waals surface area contributed by atoms with Crippen LogP contribution in [-0.4, -0.2) is 32.4 Å². The summed E-state index contributed by atoms with van der Waals surface area (Å²) >= 11 is 0. The fraction of sp³-hybridized carbons (Fsp3) is 0.500. The van der Waals surface area contributed by atoms with E-state index in [4.69, 9.17) is 0 Å². The van der Waals surface area contributed by atoms with Gasteiger partial charge in [0.2, 0.25) is 0 Å².